The smallest absolute Gasteiger partial charge is 0.241 e. The Morgan fingerprint density at radius 1 is 1.48 bits per heavy atom. The third-order valence-electron chi connectivity index (χ3n) is 3.20. The van der Waals surface area contributed by atoms with Crippen molar-refractivity contribution >= 4 is 10.0 Å². The Morgan fingerprint density at radius 3 is 2.95 bits per heavy atom. The Kier molecular flexibility index (Phi) is 5.37. The number of hydrogen-bond donors (Lipinski definition) is 2. The standard InChI is InChI=1S/C15H19NO4S/c1-12-5-6-13(4-2-3-8-17)10-15(12)21(18,19)16-14-7-9-20-11-14/h5-6,10,14,16-17H,3,7-9,11H2,1H3. The van der Waals surface area contributed by atoms with Gasteiger partial charge in [0.15, 0.2) is 0 Å². The third kappa shape index (κ3) is 4.29. The second-order valence-corrected chi connectivity index (χ2v) is 6.62. The lowest BCUT2D eigenvalue weighted by atomic mass is 10.1. The predicted molar refractivity (Wildman–Crippen MR) is 79.3 cm³/mol. The van der Waals surface area contributed by atoms with E-state index in [9.17, 15) is 8.42 Å². The molecule has 0 radical (unpaired) electrons. The number of aryl methyl sites for hydroxylation is 1. The van der Waals surface area contributed by atoms with E-state index in [2.05, 4.69) is 16.6 Å². The van der Waals surface area contributed by atoms with Gasteiger partial charge in [0.05, 0.1) is 18.1 Å². The minimum absolute atomic E-state index is 0.00669. The zero-order chi connectivity index (χ0) is 15.3. The molecule has 1 unspecified atom stereocenters. The average molecular weight is 309 g/mol. The topological polar surface area (TPSA) is 75.6 Å². The summed E-state index contributed by atoms with van der Waals surface area (Å²) < 4.78 is 32.7. The van der Waals surface area contributed by atoms with Crippen LogP contribution in [-0.2, 0) is 14.8 Å². The highest BCUT2D eigenvalue weighted by Gasteiger charge is 2.24. The van der Waals surface area contributed by atoms with Crippen LogP contribution >= 0.6 is 0 Å². The zero-order valence-corrected chi connectivity index (χ0v) is 12.7. The van der Waals surface area contributed by atoms with Crippen molar-refractivity contribution in [2.75, 3.05) is 19.8 Å². The molecule has 1 aromatic carbocycles. The summed E-state index contributed by atoms with van der Waals surface area (Å²) in [5, 5.41) is 8.71. The van der Waals surface area contributed by atoms with E-state index < -0.39 is 10.0 Å². The third-order valence-corrected chi connectivity index (χ3v) is 4.86. The molecule has 0 amide bonds. The largest absolute Gasteiger partial charge is 0.395 e. The van der Waals surface area contributed by atoms with E-state index in [1.54, 1.807) is 25.1 Å². The van der Waals surface area contributed by atoms with Gasteiger partial charge in [-0.25, -0.2) is 13.1 Å². The molecule has 1 heterocycles. The fourth-order valence-corrected chi connectivity index (χ4v) is 3.62. The first-order chi connectivity index (χ1) is 10.0. The van der Waals surface area contributed by atoms with Gasteiger partial charge in [0, 0.05) is 24.6 Å². The van der Waals surface area contributed by atoms with Gasteiger partial charge in [-0.1, -0.05) is 17.9 Å². The highest BCUT2D eigenvalue weighted by Crippen LogP contribution is 2.18. The van der Waals surface area contributed by atoms with Crippen molar-refractivity contribution < 1.29 is 18.3 Å². The monoisotopic (exact) mass is 309 g/mol. The minimum atomic E-state index is -3.57. The van der Waals surface area contributed by atoms with Crippen molar-refractivity contribution in [3.63, 3.8) is 0 Å². The molecule has 2 rings (SSSR count). The van der Waals surface area contributed by atoms with Crippen LogP contribution in [0.3, 0.4) is 0 Å². The summed E-state index contributed by atoms with van der Waals surface area (Å²) in [4.78, 5) is 0.241. The maximum Gasteiger partial charge on any atom is 0.241 e. The van der Waals surface area contributed by atoms with Crippen LogP contribution in [0.5, 0.6) is 0 Å². The van der Waals surface area contributed by atoms with E-state index in [-0.39, 0.29) is 17.5 Å². The summed E-state index contributed by atoms with van der Waals surface area (Å²) >= 11 is 0. The van der Waals surface area contributed by atoms with Gasteiger partial charge >= 0.3 is 0 Å². The van der Waals surface area contributed by atoms with Gasteiger partial charge in [0.25, 0.3) is 0 Å². The lowest BCUT2D eigenvalue weighted by Crippen LogP contribution is -2.35. The lowest BCUT2D eigenvalue weighted by molar-refractivity contribution is 0.192. The number of aliphatic hydroxyl groups excluding tert-OH is 1. The van der Waals surface area contributed by atoms with E-state index in [0.717, 1.165) is 0 Å². The normalized spacial score (nSPS) is 18.3. The molecule has 1 saturated heterocycles. The van der Waals surface area contributed by atoms with Crippen LogP contribution in [-0.4, -0.2) is 39.4 Å². The fraction of sp³-hybridized carbons (Fsp3) is 0.467. The van der Waals surface area contributed by atoms with Crippen molar-refractivity contribution in [1.82, 2.24) is 4.72 Å². The number of hydrogen-bond acceptors (Lipinski definition) is 4. The van der Waals surface area contributed by atoms with Gasteiger partial charge in [-0.05, 0) is 31.0 Å². The van der Waals surface area contributed by atoms with Crippen LogP contribution in [0.25, 0.3) is 0 Å². The van der Waals surface area contributed by atoms with E-state index in [1.165, 1.54) is 0 Å². The average Bonchev–Trinajstić information content (AvgIpc) is 2.93. The fourth-order valence-electron chi connectivity index (χ4n) is 2.10. The van der Waals surface area contributed by atoms with Crippen molar-refractivity contribution in [2.45, 2.75) is 30.7 Å². The van der Waals surface area contributed by atoms with Crippen LogP contribution in [0.1, 0.15) is 24.0 Å². The highest BCUT2D eigenvalue weighted by molar-refractivity contribution is 7.89. The molecule has 1 aromatic rings. The molecule has 1 atom stereocenters. The maximum atomic E-state index is 12.4. The molecule has 2 N–H and O–H groups in total. The highest BCUT2D eigenvalue weighted by atomic mass is 32.2. The van der Waals surface area contributed by atoms with Crippen molar-refractivity contribution in [3.05, 3.63) is 29.3 Å². The molecule has 6 heteroatoms. The first kappa shape index (κ1) is 16.0. The van der Waals surface area contributed by atoms with Crippen molar-refractivity contribution in [3.8, 4) is 11.8 Å². The van der Waals surface area contributed by atoms with Crippen molar-refractivity contribution in [2.24, 2.45) is 0 Å². The van der Waals surface area contributed by atoms with Crippen LogP contribution in [0.4, 0.5) is 0 Å². The first-order valence-electron chi connectivity index (χ1n) is 6.83. The Bertz CT molecular complexity index is 652. The molecule has 21 heavy (non-hydrogen) atoms. The molecular weight excluding hydrogens is 290 g/mol. The summed E-state index contributed by atoms with van der Waals surface area (Å²) in [7, 11) is -3.57. The number of benzene rings is 1. The summed E-state index contributed by atoms with van der Waals surface area (Å²) in [6.07, 6.45) is 1.06. The van der Waals surface area contributed by atoms with Gasteiger partial charge in [-0.15, -0.1) is 0 Å². The molecule has 1 aliphatic rings. The van der Waals surface area contributed by atoms with Crippen LogP contribution in [0.15, 0.2) is 23.1 Å². The number of rotatable bonds is 4. The number of aliphatic hydroxyl groups is 1. The van der Waals surface area contributed by atoms with E-state index in [1.807, 2.05) is 0 Å². The molecule has 1 aliphatic heterocycles. The number of nitrogens with one attached hydrogen (secondary N) is 1. The predicted octanol–water partition coefficient (Wildman–Crippen LogP) is 0.796. The van der Waals surface area contributed by atoms with E-state index in [4.69, 9.17) is 9.84 Å². The zero-order valence-electron chi connectivity index (χ0n) is 11.9. The molecule has 5 nitrogen and oxygen atoms in total. The molecule has 0 bridgehead atoms. The van der Waals surface area contributed by atoms with Crippen molar-refractivity contribution in [1.29, 1.82) is 0 Å². The molecule has 0 aromatic heterocycles. The summed E-state index contributed by atoms with van der Waals surface area (Å²) in [6, 6.07) is 4.91. The Balaban J connectivity index is 2.25. The molecule has 0 aliphatic carbocycles. The second-order valence-electron chi connectivity index (χ2n) is 4.94. The summed E-state index contributed by atoms with van der Waals surface area (Å²) in [6.45, 7) is 2.74. The van der Waals surface area contributed by atoms with Gasteiger partial charge in [-0.3, -0.25) is 0 Å². The van der Waals surface area contributed by atoms with Gasteiger partial charge in [0.1, 0.15) is 0 Å². The molecule has 114 valence electrons. The number of sulfonamides is 1. The molecular formula is C15H19NO4S. The van der Waals surface area contributed by atoms with Gasteiger partial charge < -0.3 is 9.84 Å². The Morgan fingerprint density at radius 2 is 2.29 bits per heavy atom. The summed E-state index contributed by atoms with van der Waals surface area (Å²) in [5.74, 6) is 5.64. The molecule has 0 saturated carbocycles. The minimum Gasteiger partial charge on any atom is -0.395 e. The van der Waals surface area contributed by atoms with Crippen LogP contribution in [0, 0.1) is 18.8 Å². The van der Waals surface area contributed by atoms with E-state index >= 15 is 0 Å². The second kappa shape index (κ2) is 7.05. The molecule has 0 spiro atoms. The van der Waals surface area contributed by atoms with E-state index in [0.29, 0.717) is 37.2 Å². The SMILES string of the molecule is Cc1ccc(C#CCCO)cc1S(=O)(=O)NC1CCOC1. The van der Waals surface area contributed by atoms with Gasteiger partial charge in [0.2, 0.25) is 10.0 Å². The Labute approximate surface area is 125 Å². The van der Waals surface area contributed by atoms with Gasteiger partial charge in [-0.2, -0.15) is 0 Å². The summed E-state index contributed by atoms with van der Waals surface area (Å²) in [5.41, 5.74) is 1.30. The maximum absolute atomic E-state index is 12.4. The first-order valence-corrected chi connectivity index (χ1v) is 8.32. The van der Waals surface area contributed by atoms with Crippen LogP contribution < -0.4 is 4.72 Å². The quantitative estimate of drug-likeness (QED) is 0.807. The number of ether oxygens (including phenoxy) is 1. The lowest BCUT2D eigenvalue weighted by Gasteiger charge is -2.13. The van der Waals surface area contributed by atoms with Crippen LogP contribution in [0.2, 0.25) is 0 Å². The molecule has 1 fully saturated rings. The Hall–Kier alpha value is -1.39.